The van der Waals surface area contributed by atoms with E-state index in [-0.39, 0.29) is 5.92 Å². The molecule has 1 aromatic rings. The van der Waals surface area contributed by atoms with Gasteiger partial charge in [-0.05, 0) is 44.0 Å². The van der Waals surface area contributed by atoms with Crippen LogP contribution in [0.15, 0.2) is 24.3 Å². The zero-order chi connectivity index (χ0) is 13.0. The molecule has 3 N–H and O–H groups in total. The predicted molar refractivity (Wildman–Crippen MR) is 73.4 cm³/mol. The van der Waals surface area contributed by atoms with E-state index in [0.717, 1.165) is 31.6 Å². The zero-order valence-electron chi connectivity index (χ0n) is 10.9. The lowest BCUT2D eigenvalue weighted by Crippen LogP contribution is -2.38. The quantitative estimate of drug-likeness (QED) is 0.632. The molecule has 18 heavy (non-hydrogen) atoms. The van der Waals surface area contributed by atoms with Crippen molar-refractivity contribution in [2.24, 2.45) is 5.92 Å². The first-order valence-corrected chi connectivity index (χ1v) is 6.61. The van der Waals surface area contributed by atoms with E-state index >= 15 is 0 Å². The van der Waals surface area contributed by atoms with Crippen LogP contribution in [0.3, 0.4) is 0 Å². The molecular formula is C14H22N2O2. The van der Waals surface area contributed by atoms with Crippen LogP contribution in [0.1, 0.15) is 19.8 Å². The van der Waals surface area contributed by atoms with Crippen molar-refractivity contribution >= 4 is 11.4 Å². The minimum Gasteiger partial charge on any atom is -0.399 e. The lowest BCUT2D eigenvalue weighted by molar-refractivity contribution is -0.134. The fraction of sp³-hybridized carbons (Fsp3) is 0.571. The van der Waals surface area contributed by atoms with Gasteiger partial charge in [-0.15, -0.1) is 0 Å². The number of aliphatic hydroxyl groups is 1. The lowest BCUT2D eigenvalue weighted by Gasteiger charge is -2.35. The van der Waals surface area contributed by atoms with Crippen LogP contribution < -0.4 is 10.6 Å². The highest BCUT2D eigenvalue weighted by molar-refractivity contribution is 5.53. The molecule has 0 spiro atoms. The molecule has 4 heteroatoms. The maximum atomic E-state index is 9.81. The Morgan fingerprint density at radius 1 is 1.33 bits per heavy atom. The van der Waals surface area contributed by atoms with Crippen molar-refractivity contribution in [1.29, 1.82) is 0 Å². The van der Waals surface area contributed by atoms with E-state index in [2.05, 4.69) is 17.0 Å². The molecule has 1 saturated heterocycles. The highest BCUT2D eigenvalue weighted by Gasteiger charge is 2.25. The largest absolute Gasteiger partial charge is 0.399 e. The number of nitrogens with zero attached hydrogens (tertiary/aromatic N) is 1. The summed E-state index contributed by atoms with van der Waals surface area (Å²) in [6, 6.07) is 7.95. The van der Waals surface area contributed by atoms with Gasteiger partial charge in [-0.2, -0.15) is 0 Å². The number of nitrogen functional groups attached to an aromatic ring is 1. The van der Waals surface area contributed by atoms with Crippen molar-refractivity contribution in [2.45, 2.75) is 26.1 Å². The van der Waals surface area contributed by atoms with Gasteiger partial charge in [-0.1, -0.05) is 0 Å². The van der Waals surface area contributed by atoms with Crippen LogP contribution in [0, 0.1) is 5.92 Å². The maximum absolute atomic E-state index is 9.81. The first-order chi connectivity index (χ1) is 8.70. The van der Waals surface area contributed by atoms with Crippen LogP contribution in [-0.4, -0.2) is 31.1 Å². The Hall–Kier alpha value is -1.26. The number of rotatable bonds is 4. The van der Waals surface area contributed by atoms with E-state index in [1.165, 1.54) is 5.69 Å². The maximum Gasteiger partial charge on any atom is 0.157 e. The molecule has 1 aliphatic rings. The fourth-order valence-electron chi connectivity index (χ4n) is 2.43. The minimum absolute atomic E-state index is 0.259. The van der Waals surface area contributed by atoms with Gasteiger partial charge in [0.2, 0.25) is 0 Å². The second kappa shape index (κ2) is 6.07. The third-order valence-electron chi connectivity index (χ3n) is 3.54. The Balaban J connectivity index is 1.88. The van der Waals surface area contributed by atoms with Gasteiger partial charge < -0.3 is 20.5 Å². The molecular weight excluding hydrogens is 228 g/mol. The normalized spacial score (nSPS) is 18.9. The Bertz CT molecular complexity index is 359. The molecule has 0 radical (unpaired) electrons. The van der Waals surface area contributed by atoms with Gasteiger partial charge in [0, 0.05) is 37.0 Å². The second-order valence-corrected chi connectivity index (χ2v) is 4.76. The number of aliphatic hydroxyl groups excluding tert-OH is 1. The summed E-state index contributed by atoms with van der Waals surface area (Å²) in [5, 5.41) is 9.81. The van der Waals surface area contributed by atoms with E-state index in [1.807, 2.05) is 19.1 Å². The number of piperidine rings is 1. The third kappa shape index (κ3) is 3.15. The van der Waals surface area contributed by atoms with Crippen molar-refractivity contribution in [2.75, 3.05) is 30.3 Å². The SMILES string of the molecule is CCOC(O)C1CCN(c2ccc(N)cc2)CC1. The van der Waals surface area contributed by atoms with Crippen LogP contribution in [0.4, 0.5) is 11.4 Å². The van der Waals surface area contributed by atoms with Crippen LogP contribution in [-0.2, 0) is 4.74 Å². The second-order valence-electron chi connectivity index (χ2n) is 4.76. The zero-order valence-corrected chi connectivity index (χ0v) is 10.9. The third-order valence-corrected chi connectivity index (χ3v) is 3.54. The van der Waals surface area contributed by atoms with Crippen LogP contribution in [0.2, 0.25) is 0 Å². The van der Waals surface area contributed by atoms with Crippen molar-refractivity contribution in [1.82, 2.24) is 0 Å². The Morgan fingerprint density at radius 2 is 1.94 bits per heavy atom. The molecule has 4 nitrogen and oxygen atoms in total. The van der Waals surface area contributed by atoms with Gasteiger partial charge in [0.25, 0.3) is 0 Å². The van der Waals surface area contributed by atoms with Gasteiger partial charge in [-0.3, -0.25) is 0 Å². The molecule has 0 aliphatic carbocycles. The summed E-state index contributed by atoms with van der Waals surface area (Å²) < 4.78 is 5.26. The van der Waals surface area contributed by atoms with Gasteiger partial charge in [0.05, 0.1) is 0 Å². The van der Waals surface area contributed by atoms with Gasteiger partial charge in [0.15, 0.2) is 6.29 Å². The number of benzene rings is 1. The van der Waals surface area contributed by atoms with E-state index < -0.39 is 6.29 Å². The van der Waals surface area contributed by atoms with E-state index in [9.17, 15) is 5.11 Å². The molecule has 1 aliphatic heterocycles. The first kappa shape index (κ1) is 13.2. The predicted octanol–water partition coefficient (Wildman–Crippen LogP) is 1.84. The molecule has 1 fully saturated rings. The number of hydrogen-bond acceptors (Lipinski definition) is 4. The van der Waals surface area contributed by atoms with Crippen molar-refractivity contribution < 1.29 is 9.84 Å². The molecule has 0 saturated carbocycles. The topological polar surface area (TPSA) is 58.7 Å². The molecule has 1 aromatic carbocycles. The lowest BCUT2D eigenvalue weighted by atomic mass is 9.96. The number of anilines is 2. The van der Waals surface area contributed by atoms with Crippen LogP contribution in [0.5, 0.6) is 0 Å². The summed E-state index contributed by atoms with van der Waals surface area (Å²) in [6.07, 6.45) is 1.32. The molecule has 0 amide bonds. The number of nitrogens with two attached hydrogens (primary N) is 1. The van der Waals surface area contributed by atoms with Gasteiger partial charge in [0.1, 0.15) is 0 Å². The Labute approximate surface area is 108 Å². The summed E-state index contributed by atoms with van der Waals surface area (Å²) in [5.41, 5.74) is 7.68. The molecule has 1 heterocycles. The summed E-state index contributed by atoms with van der Waals surface area (Å²) in [5.74, 6) is 0.259. The minimum atomic E-state index is -0.608. The fourth-order valence-corrected chi connectivity index (χ4v) is 2.43. The smallest absolute Gasteiger partial charge is 0.157 e. The average Bonchev–Trinajstić information content (AvgIpc) is 2.40. The summed E-state index contributed by atoms with van der Waals surface area (Å²) in [4.78, 5) is 2.33. The molecule has 2 rings (SSSR count). The van der Waals surface area contributed by atoms with Crippen molar-refractivity contribution in [3.63, 3.8) is 0 Å². The van der Waals surface area contributed by atoms with Crippen molar-refractivity contribution in [3.8, 4) is 0 Å². The molecule has 100 valence electrons. The summed E-state index contributed by atoms with van der Waals surface area (Å²) >= 11 is 0. The van der Waals surface area contributed by atoms with E-state index in [1.54, 1.807) is 0 Å². The van der Waals surface area contributed by atoms with Crippen LogP contribution >= 0.6 is 0 Å². The van der Waals surface area contributed by atoms with Crippen molar-refractivity contribution in [3.05, 3.63) is 24.3 Å². The van der Waals surface area contributed by atoms with Gasteiger partial charge >= 0.3 is 0 Å². The Kier molecular flexibility index (Phi) is 4.44. The summed E-state index contributed by atoms with van der Waals surface area (Å²) in [6.45, 7) is 4.39. The standard InChI is InChI=1S/C14H22N2O2/c1-2-18-14(17)11-7-9-16(10-8-11)13-5-3-12(15)4-6-13/h3-6,11,14,17H,2,7-10,15H2,1H3. The first-order valence-electron chi connectivity index (χ1n) is 6.61. The molecule has 0 aromatic heterocycles. The molecule has 1 atom stereocenters. The highest BCUT2D eigenvalue weighted by Crippen LogP contribution is 2.26. The number of hydrogen-bond donors (Lipinski definition) is 2. The van der Waals surface area contributed by atoms with Gasteiger partial charge in [-0.25, -0.2) is 0 Å². The molecule has 0 bridgehead atoms. The molecule has 1 unspecified atom stereocenters. The monoisotopic (exact) mass is 250 g/mol. The highest BCUT2D eigenvalue weighted by atomic mass is 16.6. The summed E-state index contributed by atoms with van der Waals surface area (Å²) in [7, 11) is 0. The van der Waals surface area contributed by atoms with Crippen LogP contribution in [0.25, 0.3) is 0 Å². The Morgan fingerprint density at radius 3 is 2.50 bits per heavy atom. The number of ether oxygens (including phenoxy) is 1. The van der Waals surface area contributed by atoms with E-state index in [0.29, 0.717) is 6.61 Å². The average molecular weight is 250 g/mol. The van der Waals surface area contributed by atoms with E-state index in [4.69, 9.17) is 10.5 Å².